The fraction of sp³-hybridized carbons (Fsp3) is 0.188. The number of amides is 1. The summed E-state index contributed by atoms with van der Waals surface area (Å²) in [5.74, 6) is -0.787. The average molecular weight is 305 g/mol. The first-order valence-corrected chi connectivity index (χ1v) is 7.02. The Morgan fingerprint density at radius 3 is 2.81 bits per heavy atom. The van der Waals surface area contributed by atoms with E-state index in [-0.39, 0.29) is 5.82 Å². The molecule has 0 saturated carbocycles. The highest BCUT2D eigenvalue weighted by molar-refractivity contribution is 6.30. The lowest BCUT2D eigenvalue weighted by molar-refractivity contribution is -0.122. The van der Waals surface area contributed by atoms with Crippen molar-refractivity contribution in [2.45, 2.75) is 18.4 Å². The number of fused-ring (bicyclic) bond motifs is 1. The van der Waals surface area contributed by atoms with Crippen molar-refractivity contribution in [3.05, 3.63) is 64.4 Å². The fourth-order valence-corrected chi connectivity index (χ4v) is 3.09. The Morgan fingerprint density at radius 1 is 1.29 bits per heavy atom. The summed E-state index contributed by atoms with van der Waals surface area (Å²) >= 11 is 5.97. The lowest BCUT2D eigenvalue weighted by Crippen LogP contribution is -2.46. The van der Waals surface area contributed by atoms with Crippen molar-refractivity contribution in [2.24, 2.45) is 5.73 Å². The van der Waals surface area contributed by atoms with Gasteiger partial charge in [0.2, 0.25) is 5.91 Å². The summed E-state index contributed by atoms with van der Waals surface area (Å²) in [7, 11) is 0. The molecular formula is C16H14ClFN2O. The van der Waals surface area contributed by atoms with Gasteiger partial charge in [-0.05, 0) is 54.3 Å². The number of rotatable bonds is 3. The van der Waals surface area contributed by atoms with E-state index in [1.165, 1.54) is 12.1 Å². The summed E-state index contributed by atoms with van der Waals surface area (Å²) in [6.45, 7) is 0. The van der Waals surface area contributed by atoms with Crippen molar-refractivity contribution in [1.82, 2.24) is 0 Å². The molecule has 3 rings (SSSR count). The molecule has 0 aliphatic heterocycles. The molecule has 0 aromatic heterocycles. The second-order valence-electron chi connectivity index (χ2n) is 5.21. The van der Waals surface area contributed by atoms with Gasteiger partial charge in [0.1, 0.15) is 11.4 Å². The number of carbonyl (C=O) groups excluding carboxylic acids is 1. The predicted octanol–water partition coefficient (Wildman–Crippen LogP) is 3.22. The van der Waals surface area contributed by atoms with Gasteiger partial charge >= 0.3 is 0 Å². The molecule has 0 spiro atoms. The number of carbonyl (C=O) groups is 1. The van der Waals surface area contributed by atoms with Gasteiger partial charge in [-0.3, -0.25) is 4.79 Å². The van der Waals surface area contributed by atoms with E-state index < -0.39 is 11.4 Å². The molecule has 0 radical (unpaired) electrons. The molecule has 108 valence electrons. The average Bonchev–Trinajstić information content (AvgIpc) is 2.78. The minimum absolute atomic E-state index is 0.309. The molecule has 0 fully saturated rings. The van der Waals surface area contributed by atoms with Crippen molar-refractivity contribution in [3.8, 4) is 0 Å². The molecule has 3 nitrogen and oxygen atoms in total. The van der Waals surface area contributed by atoms with E-state index in [2.05, 4.69) is 5.32 Å². The Morgan fingerprint density at radius 2 is 2.10 bits per heavy atom. The maximum atomic E-state index is 13.3. The van der Waals surface area contributed by atoms with Gasteiger partial charge in [0.15, 0.2) is 0 Å². The predicted molar refractivity (Wildman–Crippen MR) is 80.7 cm³/mol. The van der Waals surface area contributed by atoms with Crippen molar-refractivity contribution in [2.75, 3.05) is 5.32 Å². The van der Waals surface area contributed by atoms with Crippen LogP contribution in [-0.4, -0.2) is 5.91 Å². The van der Waals surface area contributed by atoms with Gasteiger partial charge in [-0.25, -0.2) is 4.39 Å². The molecule has 1 aliphatic rings. The SMILES string of the molecule is NC(=O)C1(Nc2cccc(Cl)c2)CCc2cc(F)ccc21. The molecule has 0 saturated heterocycles. The second-order valence-corrected chi connectivity index (χ2v) is 5.64. The van der Waals surface area contributed by atoms with Crippen LogP contribution in [0.15, 0.2) is 42.5 Å². The summed E-state index contributed by atoms with van der Waals surface area (Å²) in [6, 6.07) is 11.5. The topological polar surface area (TPSA) is 55.1 Å². The number of hydrogen-bond acceptors (Lipinski definition) is 2. The largest absolute Gasteiger partial charge is 0.368 e. The Hall–Kier alpha value is -2.07. The second kappa shape index (κ2) is 5.04. The first-order valence-electron chi connectivity index (χ1n) is 6.64. The van der Waals surface area contributed by atoms with E-state index >= 15 is 0 Å². The summed E-state index contributed by atoms with van der Waals surface area (Å²) in [5.41, 5.74) is 6.87. The first kappa shape index (κ1) is 13.9. The zero-order valence-corrected chi connectivity index (χ0v) is 12.0. The van der Waals surface area contributed by atoms with Crippen LogP contribution in [0.3, 0.4) is 0 Å². The van der Waals surface area contributed by atoms with Gasteiger partial charge in [0.05, 0.1) is 0 Å². The van der Waals surface area contributed by atoms with Gasteiger partial charge in [-0.2, -0.15) is 0 Å². The molecular weight excluding hydrogens is 291 g/mol. The van der Waals surface area contributed by atoms with Crippen molar-refractivity contribution < 1.29 is 9.18 Å². The first-order chi connectivity index (χ1) is 10.0. The van der Waals surface area contributed by atoms with Crippen LogP contribution in [0.5, 0.6) is 0 Å². The van der Waals surface area contributed by atoms with Gasteiger partial charge in [0, 0.05) is 10.7 Å². The normalized spacial score (nSPS) is 20.1. The van der Waals surface area contributed by atoms with Crippen LogP contribution >= 0.6 is 11.6 Å². The Balaban J connectivity index is 2.06. The van der Waals surface area contributed by atoms with Crippen LogP contribution in [0.1, 0.15) is 17.5 Å². The highest BCUT2D eigenvalue weighted by Gasteiger charge is 2.44. The zero-order chi connectivity index (χ0) is 15.0. The minimum Gasteiger partial charge on any atom is -0.368 e. The molecule has 1 amide bonds. The van der Waals surface area contributed by atoms with Crippen LogP contribution in [0, 0.1) is 5.82 Å². The molecule has 2 aromatic carbocycles. The van der Waals surface area contributed by atoms with Gasteiger partial charge in [-0.1, -0.05) is 23.7 Å². The van der Waals surface area contributed by atoms with Gasteiger partial charge in [-0.15, -0.1) is 0 Å². The number of nitrogens with one attached hydrogen (secondary N) is 1. The quantitative estimate of drug-likeness (QED) is 0.915. The smallest absolute Gasteiger partial charge is 0.247 e. The maximum Gasteiger partial charge on any atom is 0.247 e. The summed E-state index contributed by atoms with van der Waals surface area (Å²) < 4.78 is 13.3. The molecule has 1 aliphatic carbocycles. The lowest BCUT2D eigenvalue weighted by atomic mass is 9.90. The van der Waals surface area contributed by atoms with E-state index in [0.717, 1.165) is 11.1 Å². The molecule has 3 N–H and O–H groups in total. The molecule has 0 heterocycles. The van der Waals surface area contributed by atoms with Crippen LogP contribution < -0.4 is 11.1 Å². The van der Waals surface area contributed by atoms with Crippen molar-refractivity contribution >= 4 is 23.2 Å². The summed E-state index contributed by atoms with van der Waals surface area (Å²) in [4.78, 5) is 12.1. The highest BCUT2D eigenvalue weighted by Crippen LogP contribution is 2.40. The molecule has 0 bridgehead atoms. The molecule has 21 heavy (non-hydrogen) atoms. The molecule has 1 unspecified atom stereocenters. The monoisotopic (exact) mass is 304 g/mol. The number of hydrogen-bond donors (Lipinski definition) is 2. The fourth-order valence-electron chi connectivity index (χ4n) is 2.90. The van der Waals surface area contributed by atoms with E-state index in [0.29, 0.717) is 23.6 Å². The Kier molecular flexibility index (Phi) is 3.33. The van der Waals surface area contributed by atoms with E-state index in [4.69, 9.17) is 17.3 Å². The van der Waals surface area contributed by atoms with Crippen LogP contribution in [0.4, 0.5) is 10.1 Å². The molecule has 2 aromatic rings. The summed E-state index contributed by atoms with van der Waals surface area (Å²) in [5, 5.41) is 3.76. The number of primary amides is 1. The third kappa shape index (κ3) is 2.36. The van der Waals surface area contributed by atoms with E-state index in [1.54, 1.807) is 24.3 Å². The van der Waals surface area contributed by atoms with Crippen LogP contribution in [0.2, 0.25) is 5.02 Å². The zero-order valence-electron chi connectivity index (χ0n) is 11.2. The maximum absolute atomic E-state index is 13.3. The number of halogens is 2. The van der Waals surface area contributed by atoms with Crippen molar-refractivity contribution in [3.63, 3.8) is 0 Å². The number of nitrogens with two attached hydrogens (primary N) is 1. The highest BCUT2D eigenvalue weighted by atomic mass is 35.5. The Labute approximate surface area is 126 Å². The van der Waals surface area contributed by atoms with E-state index in [1.807, 2.05) is 6.07 Å². The molecule has 1 atom stereocenters. The number of benzene rings is 2. The Bertz CT molecular complexity index is 719. The van der Waals surface area contributed by atoms with Gasteiger partial charge < -0.3 is 11.1 Å². The third-order valence-electron chi connectivity index (χ3n) is 3.90. The minimum atomic E-state index is -1.02. The lowest BCUT2D eigenvalue weighted by Gasteiger charge is -2.29. The van der Waals surface area contributed by atoms with Crippen LogP contribution in [0.25, 0.3) is 0 Å². The van der Waals surface area contributed by atoms with Crippen LogP contribution in [-0.2, 0) is 16.8 Å². The number of aryl methyl sites for hydroxylation is 1. The third-order valence-corrected chi connectivity index (χ3v) is 4.13. The number of anilines is 1. The van der Waals surface area contributed by atoms with Gasteiger partial charge in [0.25, 0.3) is 0 Å². The molecule has 5 heteroatoms. The summed E-state index contributed by atoms with van der Waals surface area (Å²) in [6.07, 6.45) is 1.09. The van der Waals surface area contributed by atoms with Crippen molar-refractivity contribution in [1.29, 1.82) is 0 Å². The van der Waals surface area contributed by atoms with E-state index in [9.17, 15) is 9.18 Å². The standard InChI is InChI=1S/C16H14ClFN2O/c17-11-2-1-3-13(9-11)20-16(15(19)21)7-6-10-8-12(18)4-5-14(10)16/h1-5,8-9,20H,6-7H2,(H2,19,21).